The Kier molecular flexibility index (Phi) is 4.47. The summed E-state index contributed by atoms with van der Waals surface area (Å²) in [5.41, 5.74) is 3.95. The fourth-order valence-corrected chi connectivity index (χ4v) is 4.44. The van der Waals surface area contributed by atoms with Crippen molar-refractivity contribution in [1.29, 1.82) is 0 Å². The summed E-state index contributed by atoms with van der Waals surface area (Å²) in [5.74, 6) is 0.0840. The number of carbonyl (C=O) groups is 2. The lowest BCUT2D eigenvalue weighted by Gasteiger charge is -2.18. The van der Waals surface area contributed by atoms with Crippen molar-refractivity contribution in [2.24, 2.45) is 5.92 Å². The number of benzene rings is 1. The Morgan fingerprint density at radius 3 is 2.69 bits per heavy atom. The average molecular weight is 353 g/mol. The van der Waals surface area contributed by atoms with Crippen LogP contribution in [0.1, 0.15) is 53.7 Å². The van der Waals surface area contributed by atoms with E-state index < -0.39 is 0 Å². The third-order valence-corrected chi connectivity index (χ3v) is 6.10. The fraction of sp³-hybridized carbons (Fsp3) is 0.524. The molecule has 2 heterocycles. The first-order valence-electron chi connectivity index (χ1n) is 9.72. The van der Waals surface area contributed by atoms with Crippen LogP contribution in [0.25, 0.3) is 10.9 Å². The molecule has 0 bridgehead atoms. The number of aromatic nitrogens is 1. The highest BCUT2D eigenvalue weighted by Gasteiger charge is 2.33. The summed E-state index contributed by atoms with van der Waals surface area (Å²) >= 11 is 0. The minimum absolute atomic E-state index is 0.0360. The molecule has 5 nitrogen and oxygen atoms in total. The first-order chi connectivity index (χ1) is 12.5. The summed E-state index contributed by atoms with van der Waals surface area (Å²) in [5, 5.41) is 4.19. The topological polar surface area (TPSA) is 65.2 Å². The van der Waals surface area contributed by atoms with Crippen LogP contribution in [0.15, 0.2) is 18.2 Å². The van der Waals surface area contributed by atoms with Crippen molar-refractivity contribution < 1.29 is 9.59 Å². The number of rotatable bonds is 3. The van der Waals surface area contributed by atoms with Gasteiger partial charge in [-0.05, 0) is 50.8 Å². The van der Waals surface area contributed by atoms with Crippen LogP contribution in [0.5, 0.6) is 0 Å². The van der Waals surface area contributed by atoms with E-state index in [4.69, 9.17) is 0 Å². The van der Waals surface area contributed by atoms with Gasteiger partial charge in [0.1, 0.15) is 0 Å². The SMILES string of the molecule is Cc1[nH]c2cccc(C(=O)N3CC[C@@H](C(=O)NC4CCCC4)C3)c2c1C. The van der Waals surface area contributed by atoms with Gasteiger partial charge >= 0.3 is 0 Å². The van der Waals surface area contributed by atoms with Gasteiger partial charge in [0.25, 0.3) is 5.91 Å². The molecule has 138 valence electrons. The van der Waals surface area contributed by atoms with Crippen molar-refractivity contribution in [1.82, 2.24) is 15.2 Å². The van der Waals surface area contributed by atoms with Gasteiger partial charge in [0.2, 0.25) is 5.91 Å². The molecule has 0 spiro atoms. The molecule has 1 aliphatic carbocycles. The molecule has 2 N–H and O–H groups in total. The Hall–Kier alpha value is -2.30. The third-order valence-electron chi connectivity index (χ3n) is 6.10. The van der Waals surface area contributed by atoms with Gasteiger partial charge in [-0.2, -0.15) is 0 Å². The lowest BCUT2D eigenvalue weighted by Crippen LogP contribution is -2.39. The van der Waals surface area contributed by atoms with Crippen molar-refractivity contribution in [2.45, 2.75) is 52.0 Å². The van der Waals surface area contributed by atoms with Crippen molar-refractivity contribution in [2.75, 3.05) is 13.1 Å². The van der Waals surface area contributed by atoms with E-state index in [1.807, 2.05) is 36.9 Å². The van der Waals surface area contributed by atoms with Crippen LogP contribution in [0.2, 0.25) is 0 Å². The molecule has 1 atom stereocenters. The first kappa shape index (κ1) is 17.1. The van der Waals surface area contributed by atoms with Crippen LogP contribution in [-0.2, 0) is 4.79 Å². The molecule has 1 saturated heterocycles. The van der Waals surface area contributed by atoms with E-state index in [-0.39, 0.29) is 17.7 Å². The molecule has 0 unspecified atom stereocenters. The lowest BCUT2D eigenvalue weighted by atomic mass is 10.0. The number of hydrogen-bond donors (Lipinski definition) is 2. The Morgan fingerprint density at radius 1 is 1.15 bits per heavy atom. The molecule has 2 amide bonds. The zero-order valence-electron chi connectivity index (χ0n) is 15.6. The van der Waals surface area contributed by atoms with Crippen molar-refractivity contribution >= 4 is 22.7 Å². The van der Waals surface area contributed by atoms with Crippen molar-refractivity contribution in [3.63, 3.8) is 0 Å². The van der Waals surface area contributed by atoms with Crippen LogP contribution in [-0.4, -0.2) is 40.8 Å². The molecule has 4 rings (SSSR count). The van der Waals surface area contributed by atoms with E-state index in [1.54, 1.807) is 0 Å². The molecule has 26 heavy (non-hydrogen) atoms. The predicted octanol–water partition coefficient (Wildman–Crippen LogP) is 3.31. The smallest absolute Gasteiger partial charge is 0.254 e. The van der Waals surface area contributed by atoms with Gasteiger partial charge in [-0.3, -0.25) is 9.59 Å². The summed E-state index contributed by atoms with van der Waals surface area (Å²) in [4.78, 5) is 30.8. The molecule has 5 heteroatoms. The zero-order valence-corrected chi connectivity index (χ0v) is 15.6. The molecular formula is C21H27N3O2. The van der Waals surface area contributed by atoms with Gasteiger partial charge in [0.05, 0.1) is 5.92 Å². The van der Waals surface area contributed by atoms with Gasteiger partial charge in [-0.1, -0.05) is 18.9 Å². The highest BCUT2D eigenvalue weighted by Crippen LogP contribution is 2.28. The van der Waals surface area contributed by atoms with Crippen LogP contribution < -0.4 is 5.32 Å². The maximum Gasteiger partial charge on any atom is 0.254 e. The minimum Gasteiger partial charge on any atom is -0.358 e. The number of likely N-dealkylation sites (tertiary alicyclic amines) is 1. The molecule has 1 aromatic carbocycles. The maximum atomic E-state index is 13.1. The largest absolute Gasteiger partial charge is 0.358 e. The van der Waals surface area contributed by atoms with E-state index in [0.717, 1.165) is 47.0 Å². The average Bonchev–Trinajstić information content (AvgIpc) is 3.36. The number of fused-ring (bicyclic) bond motifs is 1. The second-order valence-corrected chi connectivity index (χ2v) is 7.83. The number of aryl methyl sites for hydroxylation is 2. The zero-order chi connectivity index (χ0) is 18.3. The molecule has 2 aromatic rings. The van der Waals surface area contributed by atoms with Crippen molar-refractivity contribution in [3.8, 4) is 0 Å². The summed E-state index contributed by atoms with van der Waals surface area (Å²) < 4.78 is 0. The number of nitrogens with zero attached hydrogens (tertiary/aromatic N) is 1. The van der Waals surface area contributed by atoms with Crippen LogP contribution >= 0.6 is 0 Å². The monoisotopic (exact) mass is 353 g/mol. The summed E-state index contributed by atoms with van der Waals surface area (Å²) in [7, 11) is 0. The first-order valence-corrected chi connectivity index (χ1v) is 9.72. The molecule has 2 fully saturated rings. The van der Waals surface area contributed by atoms with E-state index in [0.29, 0.717) is 19.1 Å². The molecule has 0 radical (unpaired) electrons. The molecule has 2 aliphatic rings. The Bertz CT molecular complexity index is 848. The van der Waals surface area contributed by atoms with Crippen LogP contribution in [0.4, 0.5) is 0 Å². The molecule has 1 aliphatic heterocycles. The van der Waals surface area contributed by atoms with E-state index >= 15 is 0 Å². The van der Waals surface area contributed by atoms with Gasteiger partial charge < -0.3 is 15.2 Å². The number of nitrogens with one attached hydrogen (secondary N) is 2. The van der Waals surface area contributed by atoms with Crippen molar-refractivity contribution in [3.05, 3.63) is 35.0 Å². The highest BCUT2D eigenvalue weighted by molar-refractivity contribution is 6.08. The second kappa shape index (κ2) is 6.78. The Morgan fingerprint density at radius 2 is 1.92 bits per heavy atom. The molecular weight excluding hydrogens is 326 g/mol. The fourth-order valence-electron chi connectivity index (χ4n) is 4.44. The lowest BCUT2D eigenvalue weighted by molar-refractivity contribution is -0.125. The van der Waals surface area contributed by atoms with Gasteiger partial charge in [0, 0.05) is 41.3 Å². The van der Waals surface area contributed by atoms with Gasteiger partial charge in [-0.25, -0.2) is 0 Å². The number of amides is 2. The number of H-pyrrole nitrogens is 1. The Labute approximate surface area is 154 Å². The highest BCUT2D eigenvalue weighted by atomic mass is 16.2. The van der Waals surface area contributed by atoms with Gasteiger partial charge in [-0.15, -0.1) is 0 Å². The number of aromatic amines is 1. The number of hydrogen-bond acceptors (Lipinski definition) is 2. The minimum atomic E-state index is -0.0761. The second-order valence-electron chi connectivity index (χ2n) is 7.83. The normalized spacial score (nSPS) is 20.8. The maximum absolute atomic E-state index is 13.1. The Balaban J connectivity index is 1.49. The quantitative estimate of drug-likeness (QED) is 0.889. The summed E-state index contributed by atoms with van der Waals surface area (Å²) in [6.45, 7) is 5.26. The summed E-state index contributed by atoms with van der Waals surface area (Å²) in [6.07, 6.45) is 5.36. The van der Waals surface area contributed by atoms with Crippen LogP contribution in [0.3, 0.4) is 0 Å². The molecule has 1 aromatic heterocycles. The summed E-state index contributed by atoms with van der Waals surface area (Å²) in [6, 6.07) is 6.17. The standard InChI is InChI=1S/C21H27N3O2/c1-13-14(2)22-18-9-5-8-17(19(13)18)21(26)24-11-10-15(12-24)20(25)23-16-6-3-4-7-16/h5,8-9,15-16,22H,3-4,6-7,10-12H2,1-2H3,(H,23,25)/t15-/m1/s1. The van der Waals surface area contributed by atoms with E-state index in [1.165, 1.54) is 12.8 Å². The predicted molar refractivity (Wildman–Crippen MR) is 102 cm³/mol. The van der Waals surface area contributed by atoms with Gasteiger partial charge in [0.15, 0.2) is 0 Å². The van der Waals surface area contributed by atoms with E-state index in [9.17, 15) is 9.59 Å². The number of carbonyl (C=O) groups excluding carboxylic acids is 2. The van der Waals surface area contributed by atoms with E-state index in [2.05, 4.69) is 10.3 Å². The molecule has 1 saturated carbocycles. The third kappa shape index (κ3) is 3.00. The van der Waals surface area contributed by atoms with Crippen LogP contribution in [0, 0.1) is 19.8 Å².